The number of aliphatic hydroxyl groups excluding tert-OH is 2. The Balaban J connectivity index is 1.54. The van der Waals surface area contributed by atoms with Crippen LogP contribution in [0.25, 0.3) is 6.08 Å². The zero-order valence-electron chi connectivity index (χ0n) is 42.0. The van der Waals surface area contributed by atoms with Crippen molar-refractivity contribution in [2.24, 2.45) is 5.41 Å². The number of aliphatic hydroxyl groups is 3. The van der Waals surface area contributed by atoms with Crippen LogP contribution in [-0.2, 0) is 47.5 Å². The number of esters is 3. The van der Waals surface area contributed by atoms with Crippen molar-refractivity contribution in [1.82, 2.24) is 0 Å². The Hall–Kier alpha value is -3.43. The van der Waals surface area contributed by atoms with Crippen molar-refractivity contribution in [3.63, 3.8) is 0 Å². The van der Waals surface area contributed by atoms with E-state index >= 15 is 0 Å². The Labute approximate surface area is 407 Å². The highest BCUT2D eigenvalue weighted by Crippen LogP contribution is 2.47. The molecule has 13 nitrogen and oxygen atoms in total. The highest BCUT2D eigenvalue weighted by atomic mass is 16.7. The maximum absolute atomic E-state index is 13.5. The highest BCUT2D eigenvalue weighted by Gasteiger charge is 2.57. The molecule has 13 heteroatoms. The van der Waals surface area contributed by atoms with Crippen LogP contribution in [0.15, 0.2) is 54.1 Å². The largest absolute Gasteiger partial charge is 0.466 e. The van der Waals surface area contributed by atoms with E-state index in [1.807, 2.05) is 0 Å². The summed E-state index contributed by atoms with van der Waals surface area (Å²) in [5.41, 5.74) is 0.949. The van der Waals surface area contributed by atoms with Crippen LogP contribution in [0.3, 0.4) is 0 Å². The van der Waals surface area contributed by atoms with E-state index < -0.39 is 72.5 Å². The fourth-order valence-corrected chi connectivity index (χ4v) is 9.15. The van der Waals surface area contributed by atoms with Gasteiger partial charge >= 0.3 is 17.9 Å². The summed E-state index contributed by atoms with van der Waals surface area (Å²) >= 11 is 0. The van der Waals surface area contributed by atoms with Gasteiger partial charge in [-0.25, -0.2) is 4.79 Å². The number of benzene rings is 1. The van der Waals surface area contributed by atoms with E-state index in [4.69, 9.17) is 33.2 Å². The van der Waals surface area contributed by atoms with Crippen molar-refractivity contribution in [3.05, 3.63) is 65.3 Å². The van der Waals surface area contributed by atoms with Crippen molar-refractivity contribution >= 4 is 24.0 Å². The highest BCUT2D eigenvalue weighted by molar-refractivity contribution is 5.83. The van der Waals surface area contributed by atoms with E-state index in [9.17, 15) is 29.7 Å². The summed E-state index contributed by atoms with van der Waals surface area (Å²) in [4.78, 5) is 39.5. The second kappa shape index (κ2) is 31.0. The summed E-state index contributed by atoms with van der Waals surface area (Å²) in [5.74, 6) is -4.30. The lowest BCUT2D eigenvalue weighted by Gasteiger charge is -2.51. The first kappa shape index (κ1) is 57.2. The molecule has 3 heterocycles. The van der Waals surface area contributed by atoms with Crippen molar-refractivity contribution in [3.8, 4) is 0 Å². The summed E-state index contributed by atoms with van der Waals surface area (Å²) in [5, 5.41) is 34.2. The quantitative estimate of drug-likeness (QED) is 0.0329. The SMILES string of the molecule is CCCCCCCCCCCC/C=C/c1ccc(C2C[C@@H]3CCO[C@H](/C=C\C(C)(C)[C@]4(O)O[C@@H](C/C(=C\C(=O)OC)[C@@H]4OC(=O)CCCCCCC)C[C@H](CO)OC(=O)C[C@H](O)CCO2)O3)cc1. The molecular formula is C55H86O13. The third kappa shape index (κ3) is 19.8. The van der Waals surface area contributed by atoms with Crippen LogP contribution in [0.1, 0.15) is 193 Å². The fourth-order valence-electron chi connectivity index (χ4n) is 9.15. The second-order valence-corrected chi connectivity index (χ2v) is 19.6. The smallest absolute Gasteiger partial charge is 0.330 e. The van der Waals surface area contributed by atoms with Crippen molar-refractivity contribution in [2.75, 3.05) is 26.9 Å². The van der Waals surface area contributed by atoms with Gasteiger partial charge in [0.05, 0.1) is 51.2 Å². The Morgan fingerprint density at radius 1 is 0.824 bits per heavy atom. The Morgan fingerprint density at radius 3 is 2.13 bits per heavy atom. The molecule has 2 saturated heterocycles. The number of allylic oxidation sites excluding steroid dienone is 1. The van der Waals surface area contributed by atoms with Crippen LogP contribution in [0, 0.1) is 5.41 Å². The maximum Gasteiger partial charge on any atom is 0.330 e. The van der Waals surface area contributed by atoms with E-state index in [1.165, 1.54) is 77.4 Å². The number of fused-ring (bicyclic) bond motifs is 4. The molecule has 8 atom stereocenters. The van der Waals surface area contributed by atoms with Gasteiger partial charge in [-0.05, 0) is 61.3 Å². The van der Waals surface area contributed by atoms with E-state index in [1.54, 1.807) is 26.0 Å². The van der Waals surface area contributed by atoms with Crippen LogP contribution in [-0.4, -0.2) is 103 Å². The lowest BCUT2D eigenvalue weighted by molar-refractivity contribution is -0.327. The molecule has 384 valence electrons. The Bertz CT molecular complexity index is 1700. The molecule has 1 aromatic rings. The zero-order valence-corrected chi connectivity index (χ0v) is 42.0. The topological polar surface area (TPSA) is 177 Å². The van der Waals surface area contributed by atoms with Gasteiger partial charge in [-0.3, -0.25) is 9.59 Å². The minimum Gasteiger partial charge on any atom is -0.466 e. The first-order valence-electron chi connectivity index (χ1n) is 26.0. The van der Waals surface area contributed by atoms with Crippen LogP contribution >= 0.6 is 0 Å². The number of rotatable bonds is 22. The number of carbonyl (C=O) groups is 3. The van der Waals surface area contributed by atoms with Crippen molar-refractivity contribution < 1.29 is 62.9 Å². The van der Waals surface area contributed by atoms with Gasteiger partial charge in [0, 0.05) is 37.4 Å². The monoisotopic (exact) mass is 955 g/mol. The lowest BCUT2D eigenvalue weighted by Crippen LogP contribution is -2.62. The van der Waals surface area contributed by atoms with E-state index in [0.29, 0.717) is 25.9 Å². The van der Waals surface area contributed by atoms with Crippen LogP contribution in [0.5, 0.6) is 0 Å². The summed E-state index contributed by atoms with van der Waals surface area (Å²) < 4.78 is 42.2. The van der Waals surface area contributed by atoms with Gasteiger partial charge in [0.25, 0.3) is 0 Å². The predicted octanol–water partition coefficient (Wildman–Crippen LogP) is 10.5. The lowest BCUT2D eigenvalue weighted by atomic mass is 9.74. The molecular weight excluding hydrogens is 869 g/mol. The van der Waals surface area contributed by atoms with Gasteiger partial charge in [-0.2, -0.15) is 0 Å². The molecule has 4 rings (SSSR count). The number of hydrogen-bond acceptors (Lipinski definition) is 13. The molecule has 3 aliphatic heterocycles. The Kier molecular flexibility index (Phi) is 26.1. The molecule has 1 unspecified atom stereocenters. The van der Waals surface area contributed by atoms with Crippen LogP contribution in [0.2, 0.25) is 0 Å². The number of ether oxygens (including phenoxy) is 7. The number of hydrogen-bond donors (Lipinski definition) is 3. The third-order valence-electron chi connectivity index (χ3n) is 13.4. The first-order chi connectivity index (χ1) is 32.8. The van der Waals surface area contributed by atoms with Gasteiger partial charge in [-0.15, -0.1) is 0 Å². The maximum atomic E-state index is 13.5. The molecule has 2 fully saturated rings. The van der Waals surface area contributed by atoms with E-state index in [2.05, 4.69) is 50.3 Å². The van der Waals surface area contributed by atoms with Gasteiger partial charge in [0.15, 0.2) is 12.4 Å². The second-order valence-electron chi connectivity index (χ2n) is 19.6. The van der Waals surface area contributed by atoms with E-state index in [0.717, 1.165) is 43.2 Å². The molecule has 0 radical (unpaired) electrons. The molecule has 0 saturated carbocycles. The summed E-state index contributed by atoms with van der Waals surface area (Å²) in [6.45, 7) is 7.78. The van der Waals surface area contributed by atoms with Gasteiger partial charge in [0.1, 0.15) is 6.10 Å². The molecule has 4 bridgehead atoms. The van der Waals surface area contributed by atoms with Gasteiger partial charge in [-0.1, -0.05) is 154 Å². The number of carbonyl (C=O) groups excluding carboxylic acids is 3. The van der Waals surface area contributed by atoms with Crippen LogP contribution < -0.4 is 0 Å². The summed E-state index contributed by atoms with van der Waals surface area (Å²) in [7, 11) is 1.22. The molecule has 0 aromatic heterocycles. The average Bonchev–Trinajstić information content (AvgIpc) is 3.31. The molecule has 0 amide bonds. The molecule has 0 aliphatic carbocycles. The number of cyclic esters (lactones) is 1. The average molecular weight is 955 g/mol. The molecule has 1 aromatic carbocycles. The standard InChI is InChI=1S/C55H86O13/c1-6-8-10-12-13-14-15-16-17-18-20-21-23-41-25-27-42(28-26-41)48-39-45-31-34-64-52(66-45)29-32-54(3,4)55(61)53(67-49(58)24-22-19-11-9-7-2)43(36-50(59)62-5)35-46(68-55)38-47(40-56)65-51(60)37-44(57)30-33-63-48/h21,23,25-29,32,36,44-48,52-53,56-57,61H,6-20,22,24,30-31,33-35,37-40H2,1-5H3/b23-21+,32-29-,43-36+/t44-,45+,46+,47-,48?,52+,53+,55-/m1/s1. The third-order valence-corrected chi connectivity index (χ3v) is 13.4. The first-order valence-corrected chi connectivity index (χ1v) is 26.0. The minimum absolute atomic E-state index is 0.0176. The number of unbranched alkanes of at least 4 members (excludes halogenated alkanes) is 14. The Morgan fingerprint density at radius 2 is 1.47 bits per heavy atom. The summed E-state index contributed by atoms with van der Waals surface area (Å²) in [6, 6.07) is 8.28. The predicted molar refractivity (Wildman–Crippen MR) is 262 cm³/mol. The van der Waals surface area contributed by atoms with Crippen molar-refractivity contribution in [2.45, 2.75) is 224 Å². The zero-order chi connectivity index (χ0) is 49.2. The normalized spacial score (nSPS) is 28.4. The fraction of sp³-hybridized carbons (Fsp3) is 0.727. The molecule has 3 aliphatic rings. The van der Waals surface area contributed by atoms with Gasteiger partial charge in [0.2, 0.25) is 5.79 Å². The van der Waals surface area contributed by atoms with Crippen molar-refractivity contribution in [1.29, 1.82) is 0 Å². The molecule has 0 spiro atoms. The minimum atomic E-state index is -2.29. The van der Waals surface area contributed by atoms with Crippen LogP contribution in [0.4, 0.5) is 0 Å². The van der Waals surface area contributed by atoms with E-state index in [-0.39, 0.29) is 50.4 Å². The molecule has 68 heavy (non-hydrogen) atoms. The number of methoxy groups -OCH3 is 1. The van der Waals surface area contributed by atoms with Gasteiger partial charge < -0.3 is 48.5 Å². The molecule has 3 N–H and O–H groups in total. The summed E-state index contributed by atoms with van der Waals surface area (Å²) in [6.07, 6.45) is 22.6.